The second-order valence-corrected chi connectivity index (χ2v) is 11.0. The lowest BCUT2D eigenvalue weighted by Crippen LogP contribution is -2.44. The van der Waals surface area contributed by atoms with Gasteiger partial charge in [-0.15, -0.1) is 0 Å². The van der Waals surface area contributed by atoms with E-state index in [1.807, 2.05) is 0 Å². The summed E-state index contributed by atoms with van der Waals surface area (Å²) < 4.78 is 0. The second-order valence-electron chi connectivity index (χ2n) is 11.0. The van der Waals surface area contributed by atoms with Crippen LogP contribution in [0.2, 0.25) is 0 Å². The molecule has 1 saturated heterocycles. The molecule has 3 nitrogen and oxygen atoms in total. The van der Waals surface area contributed by atoms with Crippen LogP contribution in [-0.4, -0.2) is 48.6 Å². The van der Waals surface area contributed by atoms with E-state index in [4.69, 9.17) is 0 Å². The summed E-state index contributed by atoms with van der Waals surface area (Å²) in [6.07, 6.45) is 2.95. The first kappa shape index (κ1) is 22.0. The van der Waals surface area contributed by atoms with Crippen molar-refractivity contribution in [3.05, 3.63) is 106 Å². The number of aliphatic hydroxyl groups excluding tert-OH is 1. The molecule has 176 valence electrons. The molecule has 3 aromatic rings. The zero-order valence-electron chi connectivity index (χ0n) is 20.5. The molecule has 0 aromatic heterocycles. The third-order valence-electron chi connectivity index (χ3n) is 8.69. The molecule has 0 radical (unpaired) electrons. The first-order valence-electron chi connectivity index (χ1n) is 12.9. The highest BCUT2D eigenvalue weighted by atomic mass is 16.3. The molecule has 34 heavy (non-hydrogen) atoms. The molecular formula is C31H36N2O. The maximum absolute atomic E-state index is 11.3. The Hall–Kier alpha value is -2.46. The molecule has 0 amide bonds. The van der Waals surface area contributed by atoms with Gasteiger partial charge in [0, 0.05) is 24.4 Å². The maximum Gasteiger partial charge on any atom is 0.0822 e. The van der Waals surface area contributed by atoms with E-state index in [9.17, 15) is 5.11 Å². The molecule has 3 aromatic carbocycles. The Morgan fingerprint density at radius 3 is 2.12 bits per heavy atom. The van der Waals surface area contributed by atoms with Gasteiger partial charge in [0.25, 0.3) is 0 Å². The van der Waals surface area contributed by atoms with Gasteiger partial charge < -0.3 is 14.9 Å². The van der Waals surface area contributed by atoms with Gasteiger partial charge in [-0.25, -0.2) is 0 Å². The molecule has 3 heteroatoms. The molecule has 2 aliphatic carbocycles. The molecule has 1 fully saturated rings. The van der Waals surface area contributed by atoms with Crippen molar-refractivity contribution in [3.8, 4) is 0 Å². The van der Waals surface area contributed by atoms with Crippen molar-refractivity contribution in [2.24, 2.45) is 5.92 Å². The SMILES string of the molecule is CN(C)Cc1ccccc1C(O)C1CCN(CC23CC(c4ccccc42)c2ccccc23)CC1. The minimum Gasteiger partial charge on any atom is -0.388 e. The molecule has 1 aliphatic heterocycles. The van der Waals surface area contributed by atoms with E-state index in [0.29, 0.717) is 11.8 Å². The van der Waals surface area contributed by atoms with Crippen molar-refractivity contribution in [2.75, 3.05) is 33.7 Å². The number of piperidine rings is 1. The van der Waals surface area contributed by atoms with E-state index in [1.165, 1.54) is 12.0 Å². The topological polar surface area (TPSA) is 26.7 Å². The zero-order valence-corrected chi connectivity index (χ0v) is 20.5. The van der Waals surface area contributed by atoms with Crippen molar-refractivity contribution in [1.29, 1.82) is 0 Å². The smallest absolute Gasteiger partial charge is 0.0822 e. The largest absolute Gasteiger partial charge is 0.388 e. The van der Waals surface area contributed by atoms with Crippen LogP contribution in [0, 0.1) is 5.92 Å². The predicted molar refractivity (Wildman–Crippen MR) is 138 cm³/mol. The van der Waals surface area contributed by atoms with Crippen molar-refractivity contribution >= 4 is 0 Å². The Labute approximate surface area is 204 Å². The van der Waals surface area contributed by atoms with Crippen LogP contribution in [0.4, 0.5) is 0 Å². The summed E-state index contributed by atoms with van der Waals surface area (Å²) in [6, 6.07) is 26.8. The van der Waals surface area contributed by atoms with Crippen molar-refractivity contribution in [1.82, 2.24) is 9.80 Å². The number of hydrogen-bond acceptors (Lipinski definition) is 3. The van der Waals surface area contributed by atoms with Crippen LogP contribution in [-0.2, 0) is 12.0 Å². The second kappa shape index (κ2) is 8.64. The lowest BCUT2D eigenvalue weighted by Gasteiger charge is -2.40. The maximum atomic E-state index is 11.3. The van der Waals surface area contributed by atoms with Gasteiger partial charge in [0.05, 0.1) is 6.10 Å². The number of nitrogens with zero attached hydrogens (tertiary/aromatic N) is 2. The van der Waals surface area contributed by atoms with Gasteiger partial charge in [0.2, 0.25) is 0 Å². The molecule has 0 saturated carbocycles. The summed E-state index contributed by atoms with van der Waals surface area (Å²) in [5.41, 5.74) is 8.69. The number of likely N-dealkylation sites (tertiary alicyclic amines) is 1. The van der Waals surface area contributed by atoms with E-state index < -0.39 is 0 Å². The molecule has 3 aliphatic rings. The lowest BCUT2D eigenvalue weighted by molar-refractivity contribution is 0.0532. The van der Waals surface area contributed by atoms with Gasteiger partial charge in [-0.05, 0) is 85.7 Å². The van der Waals surface area contributed by atoms with Gasteiger partial charge in [-0.1, -0.05) is 72.8 Å². The van der Waals surface area contributed by atoms with Gasteiger partial charge in [-0.3, -0.25) is 0 Å². The summed E-state index contributed by atoms with van der Waals surface area (Å²) in [5, 5.41) is 11.3. The third kappa shape index (κ3) is 3.53. The van der Waals surface area contributed by atoms with Crippen LogP contribution in [0.15, 0.2) is 72.8 Å². The van der Waals surface area contributed by atoms with Crippen LogP contribution in [0.3, 0.4) is 0 Å². The van der Waals surface area contributed by atoms with E-state index >= 15 is 0 Å². The highest BCUT2D eigenvalue weighted by molar-refractivity contribution is 5.62. The molecule has 1 N–H and O–H groups in total. The van der Waals surface area contributed by atoms with Gasteiger partial charge in [0.1, 0.15) is 0 Å². The monoisotopic (exact) mass is 452 g/mol. The Morgan fingerprint density at radius 1 is 0.882 bits per heavy atom. The number of fused-ring (bicyclic) bond motifs is 8. The number of hydrogen-bond donors (Lipinski definition) is 1. The van der Waals surface area contributed by atoms with Gasteiger partial charge in [-0.2, -0.15) is 0 Å². The number of rotatable bonds is 6. The molecule has 1 atom stereocenters. The fourth-order valence-corrected chi connectivity index (χ4v) is 7.18. The molecule has 2 bridgehead atoms. The summed E-state index contributed by atoms with van der Waals surface area (Å²) in [5.74, 6) is 0.886. The quantitative estimate of drug-likeness (QED) is 0.548. The first-order chi connectivity index (χ1) is 16.6. The van der Waals surface area contributed by atoms with Crippen LogP contribution >= 0.6 is 0 Å². The number of benzene rings is 3. The molecule has 0 spiro atoms. The summed E-state index contributed by atoms with van der Waals surface area (Å²) >= 11 is 0. The Bertz CT molecular complexity index is 1130. The average Bonchev–Trinajstić information content (AvgIpc) is 3.36. The zero-order chi connectivity index (χ0) is 23.3. The average molecular weight is 453 g/mol. The minimum absolute atomic E-state index is 0.127. The predicted octanol–water partition coefficient (Wildman–Crippen LogP) is 5.33. The number of aliphatic hydroxyl groups is 1. The van der Waals surface area contributed by atoms with E-state index in [2.05, 4.69) is 96.7 Å². The first-order valence-corrected chi connectivity index (χ1v) is 12.9. The standard InChI is InChI=1S/C31H36N2O/c1-32(2)20-23-9-3-4-10-24(23)30(34)22-15-17-33(18-16-22)21-31-19-27(25-11-5-7-13-28(25)31)26-12-6-8-14-29(26)31/h3-14,22,27,30,34H,15-21H2,1-2H3. The fraction of sp³-hybridized carbons (Fsp3) is 0.419. The molecule has 1 heterocycles. The third-order valence-corrected chi connectivity index (χ3v) is 8.69. The molecule has 1 unspecified atom stereocenters. The van der Waals surface area contributed by atoms with Crippen LogP contribution in [0.25, 0.3) is 0 Å². The molecule has 6 rings (SSSR count). The van der Waals surface area contributed by atoms with Crippen LogP contribution in [0.5, 0.6) is 0 Å². The summed E-state index contributed by atoms with van der Waals surface area (Å²) in [6.45, 7) is 4.09. The highest BCUT2D eigenvalue weighted by Gasteiger charge is 2.53. The van der Waals surface area contributed by atoms with E-state index in [-0.39, 0.29) is 11.5 Å². The van der Waals surface area contributed by atoms with E-state index in [1.54, 1.807) is 22.3 Å². The Morgan fingerprint density at radius 2 is 1.47 bits per heavy atom. The van der Waals surface area contributed by atoms with Gasteiger partial charge in [0.15, 0.2) is 0 Å². The Kier molecular flexibility index (Phi) is 5.60. The van der Waals surface area contributed by atoms with Crippen molar-refractivity contribution in [3.63, 3.8) is 0 Å². The normalized spacial score (nSPS) is 24.9. The highest BCUT2D eigenvalue weighted by Crippen LogP contribution is 2.60. The van der Waals surface area contributed by atoms with E-state index in [0.717, 1.165) is 44.6 Å². The minimum atomic E-state index is -0.375. The van der Waals surface area contributed by atoms with Crippen molar-refractivity contribution < 1.29 is 5.11 Å². The summed E-state index contributed by atoms with van der Waals surface area (Å²) in [7, 11) is 4.18. The fourth-order valence-electron chi connectivity index (χ4n) is 7.18. The summed E-state index contributed by atoms with van der Waals surface area (Å²) in [4.78, 5) is 4.86. The Balaban J connectivity index is 1.19. The lowest BCUT2D eigenvalue weighted by atomic mass is 9.74. The van der Waals surface area contributed by atoms with Crippen LogP contribution < -0.4 is 0 Å². The van der Waals surface area contributed by atoms with Crippen molar-refractivity contribution in [2.45, 2.75) is 43.2 Å². The van der Waals surface area contributed by atoms with Gasteiger partial charge >= 0.3 is 0 Å². The molecular weight excluding hydrogens is 416 g/mol. The van der Waals surface area contributed by atoms with Crippen LogP contribution in [0.1, 0.15) is 64.7 Å².